The third-order valence-corrected chi connectivity index (χ3v) is 5.92. The SMILES string of the molecule is Cc1ccc(C(C)C)c(OC(=O)c2cc(-c3ccc(Br)cc3)nc3c(C)cccc23)c1. The quantitative estimate of drug-likeness (QED) is 0.226. The summed E-state index contributed by atoms with van der Waals surface area (Å²) in [4.78, 5) is 18.3. The summed E-state index contributed by atoms with van der Waals surface area (Å²) >= 11 is 3.47. The molecule has 0 aliphatic carbocycles. The summed E-state index contributed by atoms with van der Waals surface area (Å²) in [5.74, 6) is 0.491. The number of fused-ring (bicyclic) bond motifs is 1. The molecule has 3 nitrogen and oxygen atoms in total. The van der Waals surface area contributed by atoms with Gasteiger partial charge in [0.2, 0.25) is 0 Å². The zero-order chi connectivity index (χ0) is 22.1. The molecule has 4 aromatic rings. The summed E-state index contributed by atoms with van der Waals surface area (Å²) in [6.07, 6.45) is 0. The topological polar surface area (TPSA) is 39.2 Å². The minimum Gasteiger partial charge on any atom is -0.423 e. The summed E-state index contributed by atoms with van der Waals surface area (Å²) < 4.78 is 6.95. The normalized spacial score (nSPS) is 11.2. The van der Waals surface area contributed by atoms with Gasteiger partial charge in [0.05, 0.1) is 16.8 Å². The van der Waals surface area contributed by atoms with E-state index in [9.17, 15) is 4.79 Å². The molecule has 0 amide bonds. The van der Waals surface area contributed by atoms with Crippen LogP contribution in [-0.2, 0) is 0 Å². The van der Waals surface area contributed by atoms with Crippen molar-refractivity contribution in [1.82, 2.24) is 4.98 Å². The number of esters is 1. The highest BCUT2D eigenvalue weighted by Crippen LogP contribution is 2.31. The number of hydrogen-bond donors (Lipinski definition) is 0. The molecule has 156 valence electrons. The molecular formula is C27H24BrNO2. The highest BCUT2D eigenvalue weighted by Gasteiger charge is 2.19. The lowest BCUT2D eigenvalue weighted by atomic mass is 10.00. The molecule has 0 bridgehead atoms. The molecule has 0 saturated heterocycles. The Labute approximate surface area is 191 Å². The fraction of sp³-hybridized carbons (Fsp3) is 0.185. The number of aryl methyl sites for hydroxylation is 2. The number of para-hydroxylation sites is 1. The van der Waals surface area contributed by atoms with Crippen LogP contribution >= 0.6 is 15.9 Å². The molecule has 0 aliphatic heterocycles. The number of rotatable bonds is 4. The van der Waals surface area contributed by atoms with Crippen LogP contribution in [-0.4, -0.2) is 11.0 Å². The van der Waals surface area contributed by atoms with E-state index in [0.717, 1.165) is 43.3 Å². The molecule has 4 rings (SSSR count). The lowest BCUT2D eigenvalue weighted by Gasteiger charge is -2.15. The van der Waals surface area contributed by atoms with Crippen molar-refractivity contribution in [3.05, 3.63) is 93.5 Å². The van der Waals surface area contributed by atoms with Gasteiger partial charge in [-0.3, -0.25) is 0 Å². The van der Waals surface area contributed by atoms with E-state index in [1.165, 1.54) is 0 Å². The smallest absolute Gasteiger partial charge is 0.344 e. The molecule has 0 fully saturated rings. The van der Waals surface area contributed by atoms with Crippen LogP contribution in [0.3, 0.4) is 0 Å². The standard InChI is InChI=1S/C27H24BrNO2/c1-16(2)21-13-8-17(3)14-25(21)31-27(30)23-15-24(19-9-11-20(28)12-10-19)29-26-18(4)6-5-7-22(23)26/h5-16H,1-4H3. The van der Waals surface area contributed by atoms with Crippen molar-refractivity contribution in [2.24, 2.45) is 0 Å². The molecule has 3 aromatic carbocycles. The summed E-state index contributed by atoms with van der Waals surface area (Å²) in [5, 5.41) is 0.796. The average molecular weight is 474 g/mol. The first-order valence-corrected chi connectivity index (χ1v) is 11.1. The molecule has 1 heterocycles. The molecule has 0 atom stereocenters. The van der Waals surface area contributed by atoms with Crippen molar-refractivity contribution in [2.45, 2.75) is 33.6 Å². The Morgan fingerprint density at radius 3 is 2.42 bits per heavy atom. The monoisotopic (exact) mass is 473 g/mol. The molecule has 0 unspecified atom stereocenters. The number of nitrogens with zero attached hydrogens (tertiary/aromatic N) is 1. The second-order valence-corrected chi connectivity index (χ2v) is 9.03. The number of carbonyl (C=O) groups excluding carboxylic acids is 1. The predicted octanol–water partition coefficient (Wildman–Crippen LogP) is 7.62. The van der Waals surface area contributed by atoms with Crippen LogP contribution in [0.2, 0.25) is 0 Å². The first kappa shape index (κ1) is 21.3. The molecule has 0 radical (unpaired) electrons. The third-order valence-electron chi connectivity index (χ3n) is 5.39. The van der Waals surface area contributed by atoms with Gasteiger partial charge < -0.3 is 4.74 Å². The van der Waals surface area contributed by atoms with Gasteiger partial charge in [0.25, 0.3) is 0 Å². The van der Waals surface area contributed by atoms with E-state index in [2.05, 4.69) is 29.8 Å². The number of aromatic nitrogens is 1. The Balaban J connectivity index is 1.85. The van der Waals surface area contributed by atoms with Crippen LogP contribution in [0.5, 0.6) is 5.75 Å². The summed E-state index contributed by atoms with van der Waals surface area (Å²) in [6, 6.07) is 21.6. The number of pyridine rings is 1. The molecule has 1 aromatic heterocycles. The number of carbonyl (C=O) groups is 1. The summed E-state index contributed by atoms with van der Waals surface area (Å²) in [6.45, 7) is 8.20. The van der Waals surface area contributed by atoms with Crippen molar-refractivity contribution in [1.29, 1.82) is 0 Å². The van der Waals surface area contributed by atoms with Gasteiger partial charge in [-0.1, -0.05) is 72.2 Å². The van der Waals surface area contributed by atoms with Gasteiger partial charge in [-0.2, -0.15) is 0 Å². The van der Waals surface area contributed by atoms with Gasteiger partial charge in [0, 0.05) is 15.4 Å². The van der Waals surface area contributed by atoms with Crippen LogP contribution < -0.4 is 4.74 Å². The fourth-order valence-electron chi connectivity index (χ4n) is 3.69. The third kappa shape index (κ3) is 4.40. The van der Waals surface area contributed by atoms with Crippen molar-refractivity contribution < 1.29 is 9.53 Å². The first-order valence-electron chi connectivity index (χ1n) is 10.3. The predicted molar refractivity (Wildman–Crippen MR) is 130 cm³/mol. The molecule has 0 spiro atoms. The van der Waals surface area contributed by atoms with Crippen LogP contribution in [0.1, 0.15) is 46.8 Å². The average Bonchev–Trinajstić information content (AvgIpc) is 2.74. The van der Waals surface area contributed by atoms with Crippen molar-refractivity contribution in [3.63, 3.8) is 0 Å². The van der Waals surface area contributed by atoms with E-state index in [1.54, 1.807) is 0 Å². The number of hydrogen-bond acceptors (Lipinski definition) is 3. The maximum absolute atomic E-state index is 13.4. The molecule has 0 N–H and O–H groups in total. The van der Waals surface area contributed by atoms with E-state index in [-0.39, 0.29) is 11.9 Å². The van der Waals surface area contributed by atoms with Crippen LogP contribution in [0, 0.1) is 13.8 Å². The fourth-order valence-corrected chi connectivity index (χ4v) is 3.96. The largest absolute Gasteiger partial charge is 0.423 e. The van der Waals surface area contributed by atoms with Gasteiger partial charge >= 0.3 is 5.97 Å². The Morgan fingerprint density at radius 2 is 1.71 bits per heavy atom. The lowest BCUT2D eigenvalue weighted by Crippen LogP contribution is -2.12. The summed E-state index contributed by atoms with van der Waals surface area (Å²) in [7, 11) is 0. The Morgan fingerprint density at radius 1 is 0.968 bits per heavy atom. The number of ether oxygens (including phenoxy) is 1. The molecule has 31 heavy (non-hydrogen) atoms. The van der Waals surface area contributed by atoms with Crippen molar-refractivity contribution in [2.75, 3.05) is 0 Å². The molecule has 0 saturated carbocycles. The Kier molecular flexibility index (Phi) is 5.92. The highest BCUT2D eigenvalue weighted by molar-refractivity contribution is 9.10. The van der Waals surface area contributed by atoms with Gasteiger partial charge in [-0.05, 0) is 60.7 Å². The van der Waals surface area contributed by atoms with E-state index >= 15 is 0 Å². The van der Waals surface area contributed by atoms with Gasteiger partial charge in [0.15, 0.2) is 0 Å². The number of benzene rings is 3. The van der Waals surface area contributed by atoms with Gasteiger partial charge in [0.1, 0.15) is 5.75 Å². The van der Waals surface area contributed by atoms with Crippen LogP contribution in [0.25, 0.3) is 22.2 Å². The van der Waals surface area contributed by atoms with Crippen molar-refractivity contribution in [3.8, 4) is 17.0 Å². The van der Waals surface area contributed by atoms with E-state index in [1.807, 2.05) is 80.6 Å². The highest BCUT2D eigenvalue weighted by atomic mass is 79.9. The minimum absolute atomic E-state index is 0.248. The zero-order valence-corrected chi connectivity index (χ0v) is 19.7. The van der Waals surface area contributed by atoms with E-state index < -0.39 is 0 Å². The molecule has 0 aliphatic rings. The number of halogens is 1. The van der Waals surface area contributed by atoms with Crippen molar-refractivity contribution >= 4 is 32.8 Å². The molecule has 4 heteroatoms. The lowest BCUT2D eigenvalue weighted by molar-refractivity contribution is 0.0735. The van der Waals surface area contributed by atoms with Crippen LogP contribution in [0.15, 0.2) is 71.2 Å². The Hall–Kier alpha value is -2.98. The van der Waals surface area contributed by atoms with Crippen LogP contribution in [0.4, 0.5) is 0 Å². The maximum Gasteiger partial charge on any atom is 0.344 e. The second-order valence-electron chi connectivity index (χ2n) is 8.12. The molecular weight excluding hydrogens is 450 g/mol. The first-order chi connectivity index (χ1) is 14.8. The van der Waals surface area contributed by atoms with E-state index in [0.29, 0.717) is 11.3 Å². The van der Waals surface area contributed by atoms with Gasteiger partial charge in [-0.15, -0.1) is 0 Å². The van der Waals surface area contributed by atoms with E-state index in [4.69, 9.17) is 9.72 Å². The Bertz CT molecular complexity index is 1280. The maximum atomic E-state index is 13.4. The minimum atomic E-state index is -0.371. The second kappa shape index (κ2) is 8.64. The zero-order valence-electron chi connectivity index (χ0n) is 18.1. The summed E-state index contributed by atoms with van der Waals surface area (Å²) in [5.41, 5.74) is 6.10. The van der Waals surface area contributed by atoms with Gasteiger partial charge in [-0.25, -0.2) is 9.78 Å².